The van der Waals surface area contributed by atoms with Crippen molar-refractivity contribution in [2.24, 2.45) is 10.1 Å². The van der Waals surface area contributed by atoms with Gasteiger partial charge >= 0.3 is 0 Å². The molecule has 2 rings (SSSR count). The van der Waals surface area contributed by atoms with Crippen molar-refractivity contribution in [1.82, 2.24) is 4.90 Å². The second-order valence-corrected chi connectivity index (χ2v) is 5.16. The van der Waals surface area contributed by atoms with Gasteiger partial charge < -0.3 is 10.1 Å². The summed E-state index contributed by atoms with van der Waals surface area (Å²) in [5.41, 5.74) is 2.77. The summed E-state index contributed by atoms with van der Waals surface area (Å²) in [6.07, 6.45) is 0. The third-order valence-corrected chi connectivity index (χ3v) is 3.43. The van der Waals surface area contributed by atoms with Crippen molar-refractivity contribution in [2.45, 2.75) is 0 Å². The molecular formula is C17H18ClN3O. The number of rotatable bonds is 4. The highest BCUT2D eigenvalue weighted by Gasteiger charge is 2.12. The molecular weight excluding hydrogens is 298 g/mol. The fourth-order valence-corrected chi connectivity index (χ4v) is 2.32. The van der Waals surface area contributed by atoms with Crippen LogP contribution in [-0.4, -0.2) is 41.6 Å². The molecule has 114 valence electrons. The number of hydrogen-bond donors (Lipinski definition) is 1. The van der Waals surface area contributed by atoms with Crippen LogP contribution in [0.1, 0.15) is 11.1 Å². The normalized spacial score (nSPS) is 12.3. The summed E-state index contributed by atoms with van der Waals surface area (Å²) < 4.78 is 0. The number of amidine groups is 1. The quantitative estimate of drug-likeness (QED) is 0.307. The zero-order valence-corrected chi connectivity index (χ0v) is 13.3. The molecule has 22 heavy (non-hydrogen) atoms. The van der Waals surface area contributed by atoms with Gasteiger partial charge in [-0.1, -0.05) is 53.7 Å². The maximum Gasteiger partial charge on any atom is 0.119 e. The number of alkyl halides is 1. The fraction of sp³-hybridized carbons (Fsp3) is 0.176. The molecule has 0 saturated carbocycles. The number of halogens is 1. The van der Waals surface area contributed by atoms with Crippen molar-refractivity contribution in [3.8, 4) is 0 Å². The van der Waals surface area contributed by atoms with E-state index in [0.29, 0.717) is 17.3 Å². The highest BCUT2D eigenvalue weighted by atomic mass is 35.5. The van der Waals surface area contributed by atoms with Crippen LogP contribution in [-0.2, 0) is 0 Å². The number of aliphatic imine (C=N–C) groups is 1. The van der Waals surface area contributed by atoms with E-state index < -0.39 is 0 Å². The van der Waals surface area contributed by atoms with Gasteiger partial charge in [-0.3, -0.25) is 0 Å². The second-order valence-electron chi connectivity index (χ2n) is 4.89. The summed E-state index contributed by atoms with van der Waals surface area (Å²) in [6.45, 7) is 0. The summed E-state index contributed by atoms with van der Waals surface area (Å²) in [4.78, 5) is 6.45. The van der Waals surface area contributed by atoms with Crippen LogP contribution in [0.3, 0.4) is 0 Å². The molecule has 2 aromatic carbocycles. The first-order valence-electron chi connectivity index (χ1n) is 6.85. The molecule has 0 heterocycles. The van der Waals surface area contributed by atoms with Gasteiger partial charge in [0.25, 0.3) is 0 Å². The molecule has 0 aliphatic heterocycles. The predicted octanol–water partition coefficient (Wildman–Crippen LogP) is 3.74. The lowest BCUT2D eigenvalue weighted by Crippen LogP contribution is -2.23. The molecule has 4 nitrogen and oxygen atoms in total. The van der Waals surface area contributed by atoms with Crippen molar-refractivity contribution < 1.29 is 5.21 Å². The van der Waals surface area contributed by atoms with Gasteiger partial charge in [0.2, 0.25) is 0 Å². The summed E-state index contributed by atoms with van der Waals surface area (Å²) in [5, 5.41) is 12.9. The molecule has 0 aliphatic rings. The van der Waals surface area contributed by atoms with Crippen molar-refractivity contribution in [1.29, 1.82) is 0 Å². The Labute approximate surface area is 135 Å². The smallest absolute Gasteiger partial charge is 0.119 e. The molecule has 0 aliphatic carbocycles. The summed E-state index contributed by atoms with van der Waals surface area (Å²) >= 11 is 5.94. The summed E-state index contributed by atoms with van der Waals surface area (Å²) in [5.74, 6) is 1.04. The van der Waals surface area contributed by atoms with E-state index in [1.807, 2.05) is 73.6 Å². The van der Waals surface area contributed by atoms with E-state index in [0.717, 1.165) is 17.0 Å². The van der Waals surface area contributed by atoms with E-state index in [2.05, 4.69) is 10.1 Å². The predicted molar refractivity (Wildman–Crippen MR) is 91.8 cm³/mol. The SMILES string of the molecule is CN(C)C(CCl)=Nc1ccccc1/C(=N/O)c1ccccc1. The first kappa shape index (κ1) is 16.0. The molecule has 0 atom stereocenters. The van der Waals surface area contributed by atoms with Crippen LogP contribution in [0.5, 0.6) is 0 Å². The Morgan fingerprint density at radius 3 is 2.27 bits per heavy atom. The summed E-state index contributed by atoms with van der Waals surface area (Å²) in [6, 6.07) is 17.0. The second kappa shape index (κ2) is 7.61. The molecule has 0 radical (unpaired) electrons. The monoisotopic (exact) mass is 315 g/mol. The highest BCUT2D eigenvalue weighted by molar-refractivity contribution is 6.28. The lowest BCUT2D eigenvalue weighted by atomic mass is 10.0. The van der Waals surface area contributed by atoms with Crippen molar-refractivity contribution in [2.75, 3.05) is 20.0 Å². The molecule has 0 amide bonds. The lowest BCUT2D eigenvalue weighted by Gasteiger charge is -2.14. The van der Waals surface area contributed by atoms with Gasteiger partial charge in [0.15, 0.2) is 0 Å². The standard InChI is InChI=1S/C17H18ClN3O/c1-21(2)16(12-18)19-15-11-7-6-10-14(15)17(20-22)13-8-4-3-5-9-13/h3-11,22H,12H2,1-2H3/b19-16?,20-17+. The van der Waals surface area contributed by atoms with E-state index >= 15 is 0 Å². The van der Waals surface area contributed by atoms with Crippen LogP contribution in [0.25, 0.3) is 0 Å². The third-order valence-electron chi connectivity index (χ3n) is 3.19. The van der Waals surface area contributed by atoms with Gasteiger partial charge in [0.05, 0.1) is 11.6 Å². The molecule has 2 aromatic rings. The van der Waals surface area contributed by atoms with Crippen LogP contribution in [0.4, 0.5) is 5.69 Å². The van der Waals surface area contributed by atoms with Gasteiger partial charge in [0.1, 0.15) is 11.5 Å². The molecule has 0 unspecified atom stereocenters. The first-order valence-corrected chi connectivity index (χ1v) is 7.38. The van der Waals surface area contributed by atoms with E-state index in [1.165, 1.54) is 0 Å². The van der Waals surface area contributed by atoms with Crippen molar-refractivity contribution in [3.05, 3.63) is 65.7 Å². The zero-order valence-electron chi connectivity index (χ0n) is 12.6. The average Bonchev–Trinajstić information content (AvgIpc) is 2.55. The highest BCUT2D eigenvalue weighted by Crippen LogP contribution is 2.23. The Bertz CT molecular complexity index is 681. The van der Waals surface area contributed by atoms with E-state index in [4.69, 9.17) is 11.6 Å². The van der Waals surface area contributed by atoms with Crippen LogP contribution in [0, 0.1) is 0 Å². The maximum absolute atomic E-state index is 9.46. The Hall–Kier alpha value is -2.33. The third kappa shape index (κ3) is 3.65. The van der Waals surface area contributed by atoms with E-state index in [-0.39, 0.29) is 0 Å². The Kier molecular flexibility index (Phi) is 5.55. The minimum absolute atomic E-state index is 0.304. The van der Waals surface area contributed by atoms with Gasteiger partial charge in [-0.2, -0.15) is 0 Å². The summed E-state index contributed by atoms with van der Waals surface area (Å²) in [7, 11) is 3.78. The molecule has 0 aromatic heterocycles. The van der Waals surface area contributed by atoms with Gasteiger partial charge in [-0.25, -0.2) is 4.99 Å². The largest absolute Gasteiger partial charge is 0.410 e. The number of benzene rings is 2. The van der Waals surface area contributed by atoms with Crippen molar-refractivity contribution in [3.63, 3.8) is 0 Å². The number of oxime groups is 1. The molecule has 0 spiro atoms. The average molecular weight is 316 g/mol. The Morgan fingerprint density at radius 1 is 1.05 bits per heavy atom. The number of hydrogen-bond acceptors (Lipinski definition) is 3. The maximum atomic E-state index is 9.46. The number of nitrogens with zero attached hydrogens (tertiary/aromatic N) is 3. The van der Waals surface area contributed by atoms with Crippen molar-refractivity contribution >= 4 is 28.8 Å². The van der Waals surface area contributed by atoms with Gasteiger partial charge in [0, 0.05) is 25.2 Å². The molecule has 0 saturated heterocycles. The minimum Gasteiger partial charge on any atom is -0.410 e. The van der Waals surface area contributed by atoms with Gasteiger partial charge in [-0.15, -0.1) is 11.6 Å². The number of para-hydroxylation sites is 1. The van der Waals surface area contributed by atoms with E-state index in [1.54, 1.807) is 0 Å². The van der Waals surface area contributed by atoms with E-state index in [9.17, 15) is 5.21 Å². The molecule has 0 fully saturated rings. The molecule has 0 bridgehead atoms. The topological polar surface area (TPSA) is 48.2 Å². The zero-order chi connectivity index (χ0) is 15.9. The molecule has 5 heteroatoms. The first-order chi connectivity index (χ1) is 10.7. The minimum atomic E-state index is 0.304. The fourth-order valence-electron chi connectivity index (χ4n) is 2.02. The van der Waals surface area contributed by atoms with Crippen LogP contribution in [0.15, 0.2) is 64.7 Å². The Morgan fingerprint density at radius 2 is 1.68 bits per heavy atom. The Balaban J connectivity index is 2.53. The van der Waals surface area contributed by atoms with Crippen LogP contribution in [0.2, 0.25) is 0 Å². The lowest BCUT2D eigenvalue weighted by molar-refractivity contribution is 0.319. The van der Waals surface area contributed by atoms with Crippen LogP contribution < -0.4 is 0 Å². The molecule has 1 N–H and O–H groups in total. The van der Waals surface area contributed by atoms with Crippen LogP contribution >= 0.6 is 11.6 Å². The van der Waals surface area contributed by atoms with Gasteiger partial charge in [-0.05, 0) is 6.07 Å².